The van der Waals surface area contributed by atoms with E-state index >= 15 is 0 Å². The van der Waals surface area contributed by atoms with Crippen LogP contribution in [0.2, 0.25) is 0 Å². The summed E-state index contributed by atoms with van der Waals surface area (Å²) in [6.45, 7) is 0.584. The second-order valence-electron chi connectivity index (χ2n) is 6.14. The van der Waals surface area contributed by atoms with Crippen LogP contribution in [0.5, 0.6) is 0 Å². The van der Waals surface area contributed by atoms with Gasteiger partial charge in [0.05, 0.1) is 5.69 Å². The zero-order valence-corrected chi connectivity index (χ0v) is 15.3. The average molecular weight is 413 g/mol. The number of hydrogen-bond acceptors (Lipinski definition) is 5. The molecule has 1 aliphatic rings. The van der Waals surface area contributed by atoms with Crippen LogP contribution in [0.3, 0.4) is 0 Å². The first-order chi connectivity index (χ1) is 13.4. The number of nitrogens with zero attached hydrogens (tertiary/aromatic N) is 2. The summed E-state index contributed by atoms with van der Waals surface area (Å²) in [6, 6.07) is 2.77. The van der Waals surface area contributed by atoms with E-state index in [2.05, 4.69) is 20.8 Å². The van der Waals surface area contributed by atoms with Crippen molar-refractivity contribution in [3.8, 4) is 0 Å². The average Bonchev–Trinajstić information content (AvgIpc) is 3.10. The number of aromatic nitrogens is 2. The van der Waals surface area contributed by atoms with Gasteiger partial charge in [-0.3, -0.25) is 14.7 Å². The van der Waals surface area contributed by atoms with E-state index in [-0.39, 0.29) is 17.4 Å². The van der Waals surface area contributed by atoms with Gasteiger partial charge in [0, 0.05) is 25.3 Å². The minimum atomic E-state index is -2.64. The first-order valence-corrected chi connectivity index (χ1v) is 9.49. The first kappa shape index (κ1) is 19.9. The zero-order valence-electron chi connectivity index (χ0n) is 14.4. The summed E-state index contributed by atoms with van der Waals surface area (Å²) in [6.07, 6.45) is 2.08. The number of thiol groups is 1. The van der Waals surface area contributed by atoms with Gasteiger partial charge in [0.25, 0.3) is 11.8 Å². The molecule has 28 heavy (non-hydrogen) atoms. The molecule has 0 spiro atoms. The maximum atomic E-state index is 13.7. The molecule has 2 heterocycles. The van der Waals surface area contributed by atoms with Crippen LogP contribution in [0.4, 0.5) is 14.5 Å². The van der Waals surface area contributed by atoms with E-state index in [1.807, 2.05) is 0 Å². The van der Waals surface area contributed by atoms with E-state index in [1.165, 1.54) is 10.5 Å². The summed E-state index contributed by atoms with van der Waals surface area (Å²) >= 11 is 0. The fourth-order valence-corrected chi connectivity index (χ4v) is 3.44. The molecule has 1 aromatic heterocycles. The van der Waals surface area contributed by atoms with E-state index < -0.39 is 39.9 Å². The highest BCUT2D eigenvalue weighted by Crippen LogP contribution is 2.18. The lowest BCUT2D eigenvalue weighted by molar-refractivity contribution is 0.0920. The molecule has 3 rings (SSSR count). The predicted molar refractivity (Wildman–Crippen MR) is 95.3 cm³/mol. The molecule has 0 bridgehead atoms. The lowest BCUT2D eigenvalue weighted by Gasteiger charge is -2.28. The first-order valence-electron chi connectivity index (χ1n) is 8.36. The Labute approximate surface area is 160 Å². The van der Waals surface area contributed by atoms with Gasteiger partial charge in [-0.1, -0.05) is 6.07 Å². The van der Waals surface area contributed by atoms with Gasteiger partial charge in [0.2, 0.25) is 10.9 Å². The maximum Gasteiger partial charge on any atom is 0.274 e. The number of aromatic amines is 1. The summed E-state index contributed by atoms with van der Waals surface area (Å²) < 4.78 is 50.7. The van der Waals surface area contributed by atoms with Crippen LogP contribution < -0.4 is 10.6 Å². The molecule has 12 heteroatoms. The second kappa shape index (κ2) is 8.44. The lowest BCUT2D eigenvalue weighted by Crippen LogP contribution is -2.44. The van der Waals surface area contributed by atoms with Crippen molar-refractivity contribution < 1.29 is 26.8 Å². The highest BCUT2D eigenvalue weighted by atomic mass is 32.2. The number of nitrogens with one attached hydrogen (secondary N) is 3. The molecule has 1 fully saturated rings. The third-order valence-electron chi connectivity index (χ3n) is 4.33. The molecule has 2 aromatic rings. The molecule has 3 N–H and O–H groups in total. The van der Waals surface area contributed by atoms with Crippen LogP contribution in [-0.2, 0) is 10.9 Å². The quantitative estimate of drug-likeness (QED) is 0.536. The van der Waals surface area contributed by atoms with E-state index in [4.69, 9.17) is 0 Å². The van der Waals surface area contributed by atoms with E-state index in [0.29, 0.717) is 25.9 Å². The van der Waals surface area contributed by atoms with Crippen LogP contribution in [0.15, 0.2) is 24.4 Å². The molecule has 0 aliphatic carbocycles. The van der Waals surface area contributed by atoms with Gasteiger partial charge in [-0.15, -0.1) is 0 Å². The fraction of sp³-hybridized carbons (Fsp3) is 0.312. The van der Waals surface area contributed by atoms with E-state index in [1.54, 1.807) is 0 Å². The minimum absolute atomic E-state index is 0.0368. The second-order valence-corrected chi connectivity index (χ2v) is 7.18. The van der Waals surface area contributed by atoms with Crippen molar-refractivity contribution in [2.24, 2.45) is 0 Å². The number of benzene rings is 1. The smallest absolute Gasteiger partial charge is 0.274 e. The molecule has 1 aromatic carbocycles. The standard InChI is InChI=1S/C16H17F2N5O4S/c17-10-2-1-3-11(18)13(10)15(24)21-12-8-19-22-14(12)16(25)20-9-4-6-23(7-5-9)28(26)27/h1-3,8-9,28H,4-7H2,(H,19,22)(H,20,25)(H,21,24). The summed E-state index contributed by atoms with van der Waals surface area (Å²) in [7, 11) is -2.64. The molecule has 0 radical (unpaired) electrons. The van der Waals surface area contributed by atoms with Gasteiger partial charge in [-0.25, -0.2) is 21.5 Å². The number of piperidine rings is 1. The van der Waals surface area contributed by atoms with Crippen LogP contribution in [0.1, 0.15) is 33.7 Å². The third kappa shape index (κ3) is 4.34. The van der Waals surface area contributed by atoms with E-state index in [0.717, 1.165) is 18.2 Å². The van der Waals surface area contributed by atoms with Gasteiger partial charge >= 0.3 is 0 Å². The number of carbonyl (C=O) groups is 2. The SMILES string of the molecule is O=C(NC1CCN([SH](=O)=O)CC1)c1n[nH]cc1NC(=O)c1c(F)cccc1F. The van der Waals surface area contributed by atoms with Gasteiger partial charge in [-0.2, -0.15) is 5.10 Å². The Hall–Kier alpha value is -2.86. The fourth-order valence-electron chi connectivity index (χ4n) is 2.89. The zero-order chi connectivity index (χ0) is 20.3. The molecule has 1 saturated heterocycles. The van der Waals surface area contributed by atoms with Gasteiger partial charge in [-0.05, 0) is 25.0 Å². The van der Waals surface area contributed by atoms with Gasteiger partial charge in [0.1, 0.15) is 17.2 Å². The Bertz CT molecular complexity index is 941. The Morgan fingerprint density at radius 3 is 2.39 bits per heavy atom. The van der Waals surface area contributed by atoms with Crippen molar-refractivity contribution in [3.63, 3.8) is 0 Å². The Balaban J connectivity index is 1.67. The van der Waals surface area contributed by atoms with Crippen LogP contribution in [-0.4, -0.2) is 53.9 Å². The van der Waals surface area contributed by atoms with E-state index in [9.17, 15) is 26.8 Å². The molecular formula is C16H17F2N5O4S. The predicted octanol–water partition coefficient (Wildman–Crippen LogP) is 0.661. The van der Waals surface area contributed by atoms with Crippen molar-refractivity contribution in [2.45, 2.75) is 18.9 Å². The van der Waals surface area contributed by atoms with Crippen molar-refractivity contribution >= 4 is 28.4 Å². The maximum absolute atomic E-state index is 13.7. The topological polar surface area (TPSA) is 124 Å². The summed E-state index contributed by atoms with van der Waals surface area (Å²) in [5.74, 6) is -3.72. The summed E-state index contributed by atoms with van der Waals surface area (Å²) in [4.78, 5) is 24.6. The molecule has 0 saturated carbocycles. The molecular weight excluding hydrogens is 396 g/mol. The Morgan fingerprint density at radius 1 is 1.14 bits per heavy atom. The number of rotatable bonds is 5. The summed E-state index contributed by atoms with van der Waals surface area (Å²) in [5, 5.41) is 11.2. The number of hydrogen-bond donors (Lipinski definition) is 4. The van der Waals surface area contributed by atoms with Crippen LogP contribution >= 0.6 is 0 Å². The number of halogens is 2. The molecule has 1 aliphatic heterocycles. The highest BCUT2D eigenvalue weighted by molar-refractivity contribution is 7.69. The molecule has 0 unspecified atom stereocenters. The monoisotopic (exact) mass is 413 g/mol. The Morgan fingerprint density at radius 2 is 1.79 bits per heavy atom. The molecule has 150 valence electrons. The molecule has 2 amide bonds. The van der Waals surface area contributed by atoms with Crippen molar-refractivity contribution in [2.75, 3.05) is 18.4 Å². The van der Waals surface area contributed by atoms with Crippen molar-refractivity contribution in [3.05, 3.63) is 47.3 Å². The largest absolute Gasteiger partial charge is 0.348 e. The van der Waals surface area contributed by atoms with Gasteiger partial charge < -0.3 is 10.6 Å². The molecule has 0 atom stereocenters. The number of carbonyl (C=O) groups excluding carboxylic acids is 2. The normalized spacial score (nSPS) is 15.5. The third-order valence-corrected chi connectivity index (χ3v) is 5.19. The molecule has 9 nitrogen and oxygen atoms in total. The van der Waals surface area contributed by atoms with Crippen LogP contribution in [0.25, 0.3) is 0 Å². The number of H-pyrrole nitrogens is 1. The number of amides is 2. The van der Waals surface area contributed by atoms with Crippen molar-refractivity contribution in [1.29, 1.82) is 0 Å². The number of anilines is 1. The lowest BCUT2D eigenvalue weighted by atomic mass is 10.1. The Kier molecular flexibility index (Phi) is 5.99. The highest BCUT2D eigenvalue weighted by Gasteiger charge is 2.25. The summed E-state index contributed by atoms with van der Waals surface area (Å²) in [5.41, 5.74) is -0.957. The van der Waals surface area contributed by atoms with Crippen molar-refractivity contribution in [1.82, 2.24) is 19.8 Å². The minimum Gasteiger partial charge on any atom is -0.348 e. The van der Waals surface area contributed by atoms with Gasteiger partial charge in [0.15, 0.2) is 5.69 Å². The van der Waals surface area contributed by atoms with Crippen LogP contribution in [0, 0.1) is 11.6 Å².